The molecule has 1 aliphatic heterocycles. The lowest BCUT2D eigenvalue weighted by Gasteiger charge is -2.24. The topological polar surface area (TPSA) is 122 Å². The number of non-ortho nitro benzene ring substituents is 1. The van der Waals surface area contributed by atoms with Crippen LogP contribution in [0.2, 0.25) is 0 Å². The van der Waals surface area contributed by atoms with Gasteiger partial charge in [-0.25, -0.2) is 0 Å². The summed E-state index contributed by atoms with van der Waals surface area (Å²) in [6, 6.07) is 13.5. The quantitative estimate of drug-likeness (QED) is 0.340. The fourth-order valence-electron chi connectivity index (χ4n) is 4.71. The summed E-state index contributed by atoms with van der Waals surface area (Å²) >= 11 is 0. The highest BCUT2D eigenvalue weighted by molar-refractivity contribution is 6.24. The number of benzene rings is 2. The van der Waals surface area contributed by atoms with E-state index in [0.717, 1.165) is 0 Å². The van der Waals surface area contributed by atoms with Crippen molar-refractivity contribution in [1.29, 1.82) is 0 Å². The number of anilines is 1. The number of hydrogen-bond acceptors (Lipinski definition) is 5. The summed E-state index contributed by atoms with van der Waals surface area (Å²) in [5.74, 6) is -1.13. The summed E-state index contributed by atoms with van der Waals surface area (Å²) in [7, 11) is 0. The smallest absolute Gasteiger partial charge is 0.269 e. The molecular formula is C25H27N3O5. The molecule has 0 spiro atoms. The SMILES string of the molecule is CC1(Cc2ccc([N+](=O)[O-])cc2)NC(=O)C(C(=O)Nc2ccc(C3CCCCC3)cc2)=C1O. The molecule has 3 N–H and O–H groups in total. The maximum atomic E-state index is 12.8. The van der Waals surface area contributed by atoms with E-state index in [-0.39, 0.29) is 23.4 Å². The van der Waals surface area contributed by atoms with Gasteiger partial charge < -0.3 is 15.7 Å². The number of aliphatic hydroxyl groups is 1. The van der Waals surface area contributed by atoms with E-state index in [0.29, 0.717) is 17.2 Å². The third-order valence-corrected chi connectivity index (χ3v) is 6.55. The van der Waals surface area contributed by atoms with Crippen molar-refractivity contribution < 1.29 is 19.6 Å². The Kier molecular flexibility index (Phi) is 6.18. The molecule has 1 unspecified atom stereocenters. The van der Waals surface area contributed by atoms with Gasteiger partial charge in [-0.3, -0.25) is 19.7 Å². The van der Waals surface area contributed by atoms with Crippen LogP contribution in [-0.4, -0.2) is 27.4 Å². The number of aliphatic hydroxyl groups excluding tert-OH is 1. The average Bonchev–Trinajstić information content (AvgIpc) is 3.02. The Labute approximate surface area is 191 Å². The van der Waals surface area contributed by atoms with Gasteiger partial charge in [-0.15, -0.1) is 0 Å². The first-order valence-corrected chi connectivity index (χ1v) is 11.2. The fraction of sp³-hybridized carbons (Fsp3) is 0.360. The molecule has 2 amide bonds. The third kappa shape index (κ3) is 4.74. The van der Waals surface area contributed by atoms with E-state index in [1.54, 1.807) is 19.1 Å². The molecule has 172 valence electrons. The van der Waals surface area contributed by atoms with Crippen LogP contribution in [0, 0.1) is 10.1 Å². The minimum absolute atomic E-state index is 0.0475. The van der Waals surface area contributed by atoms with Gasteiger partial charge in [-0.2, -0.15) is 0 Å². The lowest BCUT2D eigenvalue weighted by atomic mass is 9.84. The molecule has 8 heteroatoms. The minimum Gasteiger partial charge on any atom is -0.509 e. The highest BCUT2D eigenvalue weighted by Gasteiger charge is 2.44. The van der Waals surface area contributed by atoms with Gasteiger partial charge in [-0.1, -0.05) is 43.5 Å². The summed E-state index contributed by atoms with van der Waals surface area (Å²) in [4.78, 5) is 35.7. The summed E-state index contributed by atoms with van der Waals surface area (Å²) in [5.41, 5.74) is 0.921. The van der Waals surface area contributed by atoms with Gasteiger partial charge in [0.1, 0.15) is 11.3 Å². The summed E-state index contributed by atoms with van der Waals surface area (Å²) in [6.45, 7) is 1.61. The lowest BCUT2D eigenvalue weighted by molar-refractivity contribution is -0.384. The molecule has 1 saturated carbocycles. The van der Waals surface area contributed by atoms with Crippen LogP contribution in [0.1, 0.15) is 56.1 Å². The average molecular weight is 450 g/mol. The molecule has 1 fully saturated rings. The molecular weight excluding hydrogens is 422 g/mol. The molecule has 0 bridgehead atoms. The second-order valence-corrected chi connectivity index (χ2v) is 9.02. The van der Waals surface area contributed by atoms with E-state index in [9.17, 15) is 24.8 Å². The van der Waals surface area contributed by atoms with E-state index >= 15 is 0 Å². The number of carbonyl (C=O) groups is 2. The Morgan fingerprint density at radius 1 is 1.12 bits per heavy atom. The molecule has 0 saturated heterocycles. The number of nitrogens with one attached hydrogen (secondary N) is 2. The van der Waals surface area contributed by atoms with E-state index in [1.165, 1.54) is 49.8 Å². The zero-order valence-corrected chi connectivity index (χ0v) is 18.5. The Hall–Kier alpha value is -3.68. The Morgan fingerprint density at radius 3 is 2.36 bits per heavy atom. The Morgan fingerprint density at radius 2 is 1.76 bits per heavy atom. The molecule has 1 atom stereocenters. The van der Waals surface area contributed by atoms with Crippen LogP contribution in [0.3, 0.4) is 0 Å². The molecule has 2 aromatic rings. The van der Waals surface area contributed by atoms with Crippen LogP contribution < -0.4 is 10.6 Å². The number of nitrogens with zero attached hydrogens (tertiary/aromatic N) is 1. The largest absolute Gasteiger partial charge is 0.509 e. The maximum absolute atomic E-state index is 12.8. The van der Waals surface area contributed by atoms with E-state index in [2.05, 4.69) is 10.6 Å². The first-order chi connectivity index (χ1) is 15.8. The van der Waals surface area contributed by atoms with Gasteiger partial charge >= 0.3 is 0 Å². The zero-order chi connectivity index (χ0) is 23.6. The van der Waals surface area contributed by atoms with Gasteiger partial charge in [0.05, 0.1) is 10.5 Å². The fourth-order valence-corrected chi connectivity index (χ4v) is 4.71. The van der Waals surface area contributed by atoms with Crippen LogP contribution in [0.25, 0.3) is 0 Å². The van der Waals surface area contributed by atoms with Crippen LogP contribution in [0.5, 0.6) is 0 Å². The predicted molar refractivity (Wildman–Crippen MR) is 124 cm³/mol. The van der Waals surface area contributed by atoms with Gasteiger partial charge in [0, 0.05) is 24.2 Å². The summed E-state index contributed by atoms with van der Waals surface area (Å²) in [6.07, 6.45) is 6.30. The van der Waals surface area contributed by atoms with Crippen LogP contribution in [0.15, 0.2) is 59.9 Å². The van der Waals surface area contributed by atoms with Crippen LogP contribution in [0.4, 0.5) is 11.4 Å². The molecule has 1 aliphatic carbocycles. The Balaban J connectivity index is 1.47. The molecule has 33 heavy (non-hydrogen) atoms. The molecule has 2 aliphatic rings. The van der Waals surface area contributed by atoms with E-state index in [1.807, 2.05) is 24.3 Å². The van der Waals surface area contributed by atoms with Crippen molar-refractivity contribution in [2.75, 3.05) is 5.32 Å². The first kappa shape index (κ1) is 22.5. The van der Waals surface area contributed by atoms with Crippen molar-refractivity contribution in [2.45, 2.75) is 56.9 Å². The molecule has 0 aromatic heterocycles. The van der Waals surface area contributed by atoms with Gasteiger partial charge in [0.2, 0.25) is 0 Å². The molecule has 4 rings (SSSR count). The predicted octanol–water partition coefficient (Wildman–Crippen LogP) is 4.52. The maximum Gasteiger partial charge on any atom is 0.269 e. The summed E-state index contributed by atoms with van der Waals surface area (Å²) in [5, 5.41) is 27.0. The number of nitro groups is 1. The van der Waals surface area contributed by atoms with Crippen LogP contribution >= 0.6 is 0 Å². The van der Waals surface area contributed by atoms with Crippen LogP contribution in [-0.2, 0) is 16.0 Å². The van der Waals surface area contributed by atoms with Crippen molar-refractivity contribution in [3.8, 4) is 0 Å². The molecule has 8 nitrogen and oxygen atoms in total. The van der Waals surface area contributed by atoms with Gasteiger partial charge in [-0.05, 0) is 48.9 Å². The third-order valence-electron chi connectivity index (χ3n) is 6.55. The van der Waals surface area contributed by atoms with Gasteiger partial charge in [0.25, 0.3) is 17.5 Å². The minimum atomic E-state index is -1.19. The van der Waals surface area contributed by atoms with Gasteiger partial charge in [0.15, 0.2) is 0 Å². The van der Waals surface area contributed by atoms with Crippen molar-refractivity contribution in [1.82, 2.24) is 5.32 Å². The van der Waals surface area contributed by atoms with E-state index in [4.69, 9.17) is 0 Å². The van der Waals surface area contributed by atoms with Crippen molar-refractivity contribution in [3.05, 3.63) is 81.1 Å². The number of carbonyl (C=O) groups excluding carboxylic acids is 2. The standard InChI is InChI=1S/C25H27N3O5/c1-25(15-16-7-13-20(14-8-16)28(32)33)22(29)21(24(31)27-25)23(30)26-19-11-9-18(10-12-19)17-5-3-2-4-6-17/h7-14,17,29H,2-6,15H2,1H3,(H,26,30)(H,27,31). The van der Waals surface area contributed by atoms with Crippen molar-refractivity contribution in [3.63, 3.8) is 0 Å². The zero-order valence-electron chi connectivity index (χ0n) is 18.5. The molecule has 1 heterocycles. The number of rotatable bonds is 6. The highest BCUT2D eigenvalue weighted by Crippen LogP contribution is 2.33. The second kappa shape index (κ2) is 9.05. The Bertz CT molecular complexity index is 1100. The molecule has 2 aromatic carbocycles. The highest BCUT2D eigenvalue weighted by atomic mass is 16.6. The second-order valence-electron chi connectivity index (χ2n) is 9.02. The van der Waals surface area contributed by atoms with Crippen molar-refractivity contribution in [2.24, 2.45) is 0 Å². The van der Waals surface area contributed by atoms with Crippen molar-refractivity contribution >= 4 is 23.2 Å². The van der Waals surface area contributed by atoms with E-state index < -0.39 is 22.3 Å². The monoisotopic (exact) mass is 449 g/mol. The normalized spacial score (nSPS) is 21.1. The lowest BCUT2D eigenvalue weighted by Crippen LogP contribution is -2.43. The number of amides is 2. The summed E-state index contributed by atoms with van der Waals surface area (Å²) < 4.78 is 0. The number of hydrogen-bond donors (Lipinski definition) is 3. The first-order valence-electron chi connectivity index (χ1n) is 11.2. The number of nitro benzene ring substituents is 1. The molecule has 0 radical (unpaired) electrons.